The number of nitrogens with one attached hydrogen (secondary N) is 1. The van der Waals surface area contributed by atoms with Gasteiger partial charge in [-0.1, -0.05) is 12.1 Å². The molecule has 0 unspecified atom stereocenters. The van der Waals surface area contributed by atoms with Crippen molar-refractivity contribution >= 4 is 17.3 Å². The Morgan fingerprint density at radius 2 is 2.30 bits per heavy atom. The summed E-state index contributed by atoms with van der Waals surface area (Å²) in [6.07, 6.45) is 0.659. The van der Waals surface area contributed by atoms with E-state index in [9.17, 15) is 9.18 Å². The van der Waals surface area contributed by atoms with Crippen LogP contribution in [0.4, 0.5) is 4.39 Å². The molecule has 0 aliphatic heterocycles. The molecule has 0 amide bonds. The summed E-state index contributed by atoms with van der Waals surface area (Å²) in [6.45, 7) is 3.01. The molecule has 2 rings (SSSR count). The number of halogens is 1. The number of thiazole rings is 1. The molecule has 4 nitrogen and oxygen atoms in total. The van der Waals surface area contributed by atoms with Gasteiger partial charge in [0.2, 0.25) is 0 Å². The fourth-order valence-corrected chi connectivity index (χ4v) is 2.56. The van der Waals surface area contributed by atoms with Gasteiger partial charge in [-0.25, -0.2) is 14.2 Å². The zero-order valence-electron chi connectivity index (χ0n) is 11.0. The summed E-state index contributed by atoms with van der Waals surface area (Å²) < 4.78 is 13.3. The van der Waals surface area contributed by atoms with Gasteiger partial charge in [0.15, 0.2) is 5.69 Å². The van der Waals surface area contributed by atoms with Crippen LogP contribution in [0.2, 0.25) is 0 Å². The van der Waals surface area contributed by atoms with E-state index in [4.69, 9.17) is 5.11 Å². The van der Waals surface area contributed by atoms with Crippen molar-refractivity contribution in [3.63, 3.8) is 0 Å². The van der Waals surface area contributed by atoms with Crippen molar-refractivity contribution in [2.24, 2.45) is 0 Å². The molecule has 6 heteroatoms. The summed E-state index contributed by atoms with van der Waals surface area (Å²) in [4.78, 5) is 14.7. The smallest absolute Gasteiger partial charge is 0.355 e. The molecule has 2 aromatic rings. The van der Waals surface area contributed by atoms with E-state index in [2.05, 4.69) is 10.3 Å². The normalized spacial score (nSPS) is 10.7. The molecule has 1 aromatic heterocycles. The first-order valence-corrected chi connectivity index (χ1v) is 7.08. The Bertz CT molecular complexity index is 613. The van der Waals surface area contributed by atoms with E-state index in [1.807, 2.05) is 6.07 Å². The molecule has 0 radical (unpaired) electrons. The number of carbonyl (C=O) groups is 1. The molecule has 106 valence electrons. The molecule has 1 heterocycles. The zero-order valence-corrected chi connectivity index (χ0v) is 11.8. The van der Waals surface area contributed by atoms with Crippen LogP contribution < -0.4 is 5.32 Å². The maximum atomic E-state index is 13.3. The Kier molecular flexibility index (Phi) is 4.81. The number of rotatable bonds is 6. The third-order valence-electron chi connectivity index (χ3n) is 2.98. The Labute approximate surface area is 120 Å². The zero-order chi connectivity index (χ0) is 14.5. The Morgan fingerprint density at radius 3 is 3.00 bits per heavy atom. The topological polar surface area (TPSA) is 62.2 Å². The summed E-state index contributed by atoms with van der Waals surface area (Å²) in [5, 5.41) is 14.3. The predicted octanol–water partition coefficient (Wildman–Crippen LogP) is 2.62. The number of carboxylic acids is 1. The molecule has 0 aliphatic rings. The summed E-state index contributed by atoms with van der Waals surface area (Å²) in [7, 11) is 0. The van der Waals surface area contributed by atoms with Crippen LogP contribution in [0.5, 0.6) is 0 Å². The molecule has 0 spiro atoms. The minimum Gasteiger partial charge on any atom is -0.476 e. The SMILES string of the molecule is Cc1c(F)cccc1CNCCc1nc(C(=O)O)cs1. The second-order valence-corrected chi connectivity index (χ2v) is 5.33. The first-order valence-electron chi connectivity index (χ1n) is 6.20. The largest absolute Gasteiger partial charge is 0.476 e. The average Bonchev–Trinajstić information content (AvgIpc) is 2.88. The minimum atomic E-state index is -1.00. The van der Waals surface area contributed by atoms with Crippen LogP contribution >= 0.6 is 11.3 Å². The number of hydrogen-bond donors (Lipinski definition) is 2. The number of nitrogens with zero attached hydrogens (tertiary/aromatic N) is 1. The highest BCUT2D eigenvalue weighted by molar-refractivity contribution is 7.09. The number of hydrogen-bond acceptors (Lipinski definition) is 4. The molecule has 0 fully saturated rings. The monoisotopic (exact) mass is 294 g/mol. The van der Waals surface area contributed by atoms with Gasteiger partial charge in [-0.15, -0.1) is 11.3 Å². The first kappa shape index (κ1) is 14.6. The van der Waals surface area contributed by atoms with E-state index >= 15 is 0 Å². The summed E-state index contributed by atoms with van der Waals surface area (Å²) >= 11 is 1.34. The lowest BCUT2D eigenvalue weighted by atomic mass is 10.1. The van der Waals surface area contributed by atoms with Crippen LogP contribution in [0.3, 0.4) is 0 Å². The fourth-order valence-electron chi connectivity index (χ4n) is 1.79. The van der Waals surface area contributed by atoms with Gasteiger partial charge in [0.25, 0.3) is 0 Å². The third kappa shape index (κ3) is 3.61. The molecular weight excluding hydrogens is 279 g/mol. The van der Waals surface area contributed by atoms with Gasteiger partial charge >= 0.3 is 5.97 Å². The molecule has 0 bridgehead atoms. The van der Waals surface area contributed by atoms with Crippen LogP contribution in [0.15, 0.2) is 23.6 Å². The van der Waals surface area contributed by atoms with Gasteiger partial charge in [-0.3, -0.25) is 0 Å². The number of aromatic carboxylic acids is 1. The van der Waals surface area contributed by atoms with Crippen LogP contribution in [-0.4, -0.2) is 22.6 Å². The van der Waals surface area contributed by atoms with Gasteiger partial charge in [0, 0.05) is 24.9 Å². The van der Waals surface area contributed by atoms with Crippen LogP contribution in [0.25, 0.3) is 0 Å². The maximum Gasteiger partial charge on any atom is 0.355 e. The lowest BCUT2D eigenvalue weighted by Crippen LogP contribution is -2.17. The number of aromatic nitrogens is 1. The minimum absolute atomic E-state index is 0.0889. The Morgan fingerprint density at radius 1 is 1.50 bits per heavy atom. The van der Waals surface area contributed by atoms with Gasteiger partial charge in [0.05, 0.1) is 5.01 Å². The van der Waals surface area contributed by atoms with E-state index in [0.29, 0.717) is 25.1 Å². The lowest BCUT2D eigenvalue weighted by molar-refractivity contribution is 0.0691. The third-order valence-corrected chi connectivity index (χ3v) is 3.89. The van der Waals surface area contributed by atoms with Gasteiger partial charge in [0.1, 0.15) is 5.82 Å². The first-order chi connectivity index (χ1) is 9.58. The molecular formula is C14H15FN2O2S. The summed E-state index contributed by atoms with van der Waals surface area (Å²) in [6, 6.07) is 5.03. The molecule has 1 aromatic carbocycles. The standard InChI is InChI=1S/C14H15FN2O2S/c1-9-10(3-2-4-11(9)15)7-16-6-5-13-17-12(8-20-13)14(18)19/h2-4,8,16H,5-7H2,1H3,(H,18,19). The van der Waals surface area contributed by atoms with Crippen LogP contribution in [0, 0.1) is 12.7 Å². The molecule has 0 saturated heterocycles. The van der Waals surface area contributed by atoms with Crippen molar-refractivity contribution < 1.29 is 14.3 Å². The van der Waals surface area contributed by atoms with Crippen LogP contribution in [-0.2, 0) is 13.0 Å². The second kappa shape index (κ2) is 6.58. The van der Waals surface area contributed by atoms with E-state index < -0.39 is 5.97 Å². The lowest BCUT2D eigenvalue weighted by Gasteiger charge is -2.07. The van der Waals surface area contributed by atoms with E-state index in [1.54, 1.807) is 13.0 Å². The predicted molar refractivity (Wildman–Crippen MR) is 75.6 cm³/mol. The molecule has 0 atom stereocenters. The molecule has 2 N–H and O–H groups in total. The van der Waals surface area contributed by atoms with Crippen molar-refractivity contribution in [1.29, 1.82) is 0 Å². The van der Waals surface area contributed by atoms with Crippen molar-refractivity contribution in [3.8, 4) is 0 Å². The Balaban J connectivity index is 1.81. The summed E-state index contributed by atoms with van der Waals surface area (Å²) in [5.41, 5.74) is 1.67. The van der Waals surface area contributed by atoms with Crippen LogP contribution in [0.1, 0.15) is 26.6 Å². The highest BCUT2D eigenvalue weighted by atomic mass is 32.1. The van der Waals surface area contributed by atoms with Gasteiger partial charge < -0.3 is 10.4 Å². The number of benzene rings is 1. The average molecular weight is 294 g/mol. The molecule has 0 saturated carbocycles. The van der Waals surface area contributed by atoms with E-state index in [-0.39, 0.29) is 11.5 Å². The maximum absolute atomic E-state index is 13.3. The second-order valence-electron chi connectivity index (χ2n) is 4.38. The van der Waals surface area contributed by atoms with Crippen molar-refractivity contribution in [2.45, 2.75) is 19.9 Å². The van der Waals surface area contributed by atoms with E-state index in [1.165, 1.54) is 22.8 Å². The van der Waals surface area contributed by atoms with E-state index in [0.717, 1.165) is 10.6 Å². The van der Waals surface area contributed by atoms with Gasteiger partial charge in [-0.05, 0) is 24.1 Å². The fraction of sp³-hybridized carbons (Fsp3) is 0.286. The van der Waals surface area contributed by atoms with Crippen molar-refractivity contribution in [1.82, 2.24) is 10.3 Å². The summed E-state index contributed by atoms with van der Waals surface area (Å²) in [5.74, 6) is -1.20. The number of carboxylic acid groups (broad SMARTS) is 1. The van der Waals surface area contributed by atoms with Gasteiger partial charge in [-0.2, -0.15) is 0 Å². The highest BCUT2D eigenvalue weighted by Gasteiger charge is 2.08. The highest BCUT2D eigenvalue weighted by Crippen LogP contribution is 2.12. The Hall–Kier alpha value is -1.79. The van der Waals surface area contributed by atoms with Crippen molar-refractivity contribution in [3.05, 3.63) is 51.2 Å². The quantitative estimate of drug-likeness (QED) is 0.804. The molecule has 0 aliphatic carbocycles. The molecule has 20 heavy (non-hydrogen) atoms. The van der Waals surface area contributed by atoms with Crippen molar-refractivity contribution in [2.75, 3.05) is 6.54 Å².